The summed E-state index contributed by atoms with van der Waals surface area (Å²) in [5, 5.41) is 5.57. The molecule has 1 aromatic heterocycles. The zero-order valence-electron chi connectivity index (χ0n) is 8.41. The highest BCUT2D eigenvalue weighted by molar-refractivity contribution is 14.1. The molecule has 1 unspecified atom stereocenters. The van der Waals surface area contributed by atoms with Crippen molar-refractivity contribution in [1.82, 2.24) is 5.32 Å². The number of rotatable bonds is 3. The van der Waals surface area contributed by atoms with Gasteiger partial charge in [-0.05, 0) is 52.2 Å². The molecule has 0 amide bonds. The maximum atomic E-state index is 3.35. The van der Waals surface area contributed by atoms with E-state index < -0.39 is 0 Å². The van der Waals surface area contributed by atoms with E-state index in [0.717, 1.165) is 0 Å². The third kappa shape index (κ3) is 2.59. The summed E-state index contributed by atoms with van der Waals surface area (Å²) in [7, 11) is 2.00. The van der Waals surface area contributed by atoms with E-state index in [1.54, 1.807) is 11.3 Å². The molecule has 1 N–H and O–H groups in total. The van der Waals surface area contributed by atoms with Crippen molar-refractivity contribution in [3.05, 3.63) is 55.8 Å². The Kier molecular flexibility index (Phi) is 3.77. The highest BCUT2D eigenvalue weighted by Gasteiger charge is 2.12. The molecule has 15 heavy (non-hydrogen) atoms. The largest absolute Gasteiger partial charge is 0.309 e. The third-order valence-electron chi connectivity index (χ3n) is 2.34. The Hall–Kier alpha value is -0.390. The first-order chi connectivity index (χ1) is 7.31. The molecule has 0 spiro atoms. The summed E-state index contributed by atoms with van der Waals surface area (Å²) in [6.07, 6.45) is 0. The van der Waals surface area contributed by atoms with Crippen LogP contribution < -0.4 is 5.32 Å². The van der Waals surface area contributed by atoms with Gasteiger partial charge in [0.1, 0.15) is 0 Å². The van der Waals surface area contributed by atoms with Crippen molar-refractivity contribution < 1.29 is 0 Å². The number of halogens is 1. The van der Waals surface area contributed by atoms with Gasteiger partial charge in [-0.2, -0.15) is 0 Å². The van der Waals surface area contributed by atoms with Gasteiger partial charge in [-0.25, -0.2) is 0 Å². The predicted octanol–water partition coefficient (Wildman–Crippen LogP) is 3.66. The van der Waals surface area contributed by atoms with Crippen LogP contribution in [0.1, 0.15) is 17.2 Å². The fourth-order valence-corrected chi connectivity index (χ4v) is 3.04. The molecule has 0 saturated carbocycles. The molecule has 2 rings (SSSR count). The number of hydrogen-bond acceptors (Lipinski definition) is 2. The second kappa shape index (κ2) is 5.09. The van der Waals surface area contributed by atoms with E-state index >= 15 is 0 Å². The molecule has 78 valence electrons. The van der Waals surface area contributed by atoms with E-state index in [1.807, 2.05) is 13.1 Å². The molecular formula is C12H12INS. The molecule has 1 atom stereocenters. The Balaban J connectivity index is 2.33. The van der Waals surface area contributed by atoms with Crippen LogP contribution >= 0.6 is 33.9 Å². The number of thiophene rings is 1. The highest BCUT2D eigenvalue weighted by Crippen LogP contribution is 2.26. The van der Waals surface area contributed by atoms with E-state index in [0.29, 0.717) is 6.04 Å². The van der Waals surface area contributed by atoms with Crippen molar-refractivity contribution in [2.75, 3.05) is 7.05 Å². The van der Waals surface area contributed by atoms with Crippen molar-refractivity contribution in [1.29, 1.82) is 0 Å². The van der Waals surface area contributed by atoms with Gasteiger partial charge in [-0.1, -0.05) is 30.3 Å². The smallest absolute Gasteiger partial charge is 0.0656 e. The van der Waals surface area contributed by atoms with Crippen LogP contribution in [-0.4, -0.2) is 7.05 Å². The number of hydrogen-bond donors (Lipinski definition) is 1. The van der Waals surface area contributed by atoms with Gasteiger partial charge in [0.05, 0.1) is 8.93 Å². The second-order valence-electron chi connectivity index (χ2n) is 3.32. The summed E-state index contributed by atoms with van der Waals surface area (Å²) >= 11 is 4.15. The fraction of sp³-hybridized carbons (Fsp3) is 0.167. The average Bonchev–Trinajstić information content (AvgIpc) is 2.68. The van der Waals surface area contributed by atoms with Gasteiger partial charge in [-0.15, -0.1) is 11.3 Å². The van der Waals surface area contributed by atoms with Gasteiger partial charge in [0.25, 0.3) is 0 Å². The number of benzene rings is 1. The molecular weight excluding hydrogens is 317 g/mol. The first-order valence-electron chi connectivity index (χ1n) is 4.77. The monoisotopic (exact) mass is 329 g/mol. The van der Waals surface area contributed by atoms with Crippen molar-refractivity contribution in [2.24, 2.45) is 0 Å². The zero-order chi connectivity index (χ0) is 10.7. The molecule has 0 aliphatic heterocycles. The molecule has 0 saturated heterocycles. The van der Waals surface area contributed by atoms with Crippen LogP contribution in [0.15, 0.2) is 41.8 Å². The Bertz CT molecular complexity index is 424. The molecule has 2 aromatic rings. The first kappa shape index (κ1) is 11.1. The van der Waals surface area contributed by atoms with Crippen LogP contribution in [-0.2, 0) is 0 Å². The topological polar surface area (TPSA) is 12.0 Å². The van der Waals surface area contributed by atoms with Crippen LogP contribution in [0.4, 0.5) is 0 Å². The van der Waals surface area contributed by atoms with E-state index in [4.69, 9.17) is 0 Å². The van der Waals surface area contributed by atoms with Gasteiger partial charge >= 0.3 is 0 Å². The third-order valence-corrected chi connectivity index (χ3v) is 4.15. The Morgan fingerprint density at radius 3 is 2.47 bits per heavy atom. The van der Waals surface area contributed by atoms with Crippen molar-refractivity contribution in [3.8, 4) is 0 Å². The van der Waals surface area contributed by atoms with Crippen LogP contribution in [0.25, 0.3) is 0 Å². The lowest BCUT2D eigenvalue weighted by atomic mass is 10.0. The second-order valence-corrected chi connectivity index (χ2v) is 6.12. The summed E-state index contributed by atoms with van der Waals surface area (Å²) < 4.78 is 1.33. The summed E-state index contributed by atoms with van der Waals surface area (Å²) in [4.78, 5) is 0. The quantitative estimate of drug-likeness (QED) is 0.848. The number of nitrogens with one attached hydrogen (secondary N) is 1. The molecule has 0 fully saturated rings. The van der Waals surface area contributed by atoms with Crippen molar-refractivity contribution >= 4 is 33.9 Å². The minimum atomic E-state index is 0.311. The lowest BCUT2D eigenvalue weighted by Crippen LogP contribution is -2.16. The van der Waals surface area contributed by atoms with E-state index in [9.17, 15) is 0 Å². The van der Waals surface area contributed by atoms with Crippen LogP contribution in [0.3, 0.4) is 0 Å². The molecule has 1 aromatic carbocycles. The van der Waals surface area contributed by atoms with Gasteiger partial charge in [0.15, 0.2) is 0 Å². The molecule has 1 heterocycles. The van der Waals surface area contributed by atoms with Crippen molar-refractivity contribution in [3.63, 3.8) is 0 Å². The fourth-order valence-electron chi connectivity index (χ4n) is 1.65. The standard InChI is InChI=1S/C12H12INS/c1-14-12(9-5-3-2-4-6-9)10-7-11(13)15-8-10/h2-8,12,14H,1H3. The molecule has 0 bridgehead atoms. The molecule has 0 aliphatic carbocycles. The summed E-state index contributed by atoms with van der Waals surface area (Å²) in [5.41, 5.74) is 2.66. The van der Waals surface area contributed by atoms with Gasteiger partial charge < -0.3 is 5.32 Å². The van der Waals surface area contributed by atoms with Crippen molar-refractivity contribution in [2.45, 2.75) is 6.04 Å². The Morgan fingerprint density at radius 2 is 1.93 bits per heavy atom. The van der Waals surface area contributed by atoms with Crippen LogP contribution in [0, 0.1) is 2.88 Å². The van der Waals surface area contributed by atoms with E-state index in [-0.39, 0.29) is 0 Å². The van der Waals surface area contributed by atoms with Crippen LogP contribution in [0.5, 0.6) is 0 Å². The highest BCUT2D eigenvalue weighted by atomic mass is 127. The zero-order valence-corrected chi connectivity index (χ0v) is 11.4. The maximum Gasteiger partial charge on any atom is 0.0656 e. The lowest BCUT2D eigenvalue weighted by molar-refractivity contribution is 0.694. The first-order valence-corrected chi connectivity index (χ1v) is 6.73. The van der Waals surface area contributed by atoms with E-state index in [1.165, 1.54) is 14.0 Å². The molecule has 3 heteroatoms. The van der Waals surface area contributed by atoms with Crippen LogP contribution in [0.2, 0.25) is 0 Å². The van der Waals surface area contributed by atoms with Gasteiger partial charge in [0, 0.05) is 0 Å². The molecule has 0 aliphatic rings. The summed E-state index contributed by atoms with van der Waals surface area (Å²) in [6, 6.07) is 13.1. The molecule has 1 nitrogen and oxygen atoms in total. The summed E-state index contributed by atoms with van der Waals surface area (Å²) in [5.74, 6) is 0. The van der Waals surface area contributed by atoms with Gasteiger partial charge in [0.2, 0.25) is 0 Å². The minimum absolute atomic E-state index is 0.311. The summed E-state index contributed by atoms with van der Waals surface area (Å²) in [6.45, 7) is 0. The maximum absolute atomic E-state index is 3.35. The normalized spacial score (nSPS) is 12.7. The van der Waals surface area contributed by atoms with E-state index in [2.05, 4.69) is 63.6 Å². The molecule has 0 radical (unpaired) electrons. The minimum Gasteiger partial charge on any atom is -0.309 e. The Morgan fingerprint density at radius 1 is 1.20 bits per heavy atom. The van der Waals surface area contributed by atoms with Gasteiger partial charge in [-0.3, -0.25) is 0 Å². The Labute approximate surface area is 108 Å². The predicted molar refractivity (Wildman–Crippen MR) is 74.4 cm³/mol. The SMILES string of the molecule is CNC(c1ccccc1)c1csc(I)c1. The average molecular weight is 329 g/mol. The lowest BCUT2D eigenvalue weighted by Gasteiger charge is -2.14.